The van der Waals surface area contributed by atoms with Crippen LogP contribution in [0.5, 0.6) is 0 Å². The first kappa shape index (κ1) is 88.6. The molecule has 0 unspecified atom stereocenters. The number of rotatable bonds is 33. The average molecular weight is 1600 g/mol. The summed E-state index contributed by atoms with van der Waals surface area (Å²) in [5.41, 5.74) is 8.33. The first-order valence-electron chi connectivity index (χ1n) is 39.1. The maximum Gasteiger partial charge on any atom is 0.317 e. The highest BCUT2D eigenvalue weighted by atomic mass is 16.4. The summed E-state index contributed by atoms with van der Waals surface area (Å²) >= 11 is 0. The third-order valence-electron chi connectivity index (χ3n) is 20.4. The number of allylic oxidation sites excluding steroid dienone is 2. The lowest BCUT2D eigenvalue weighted by molar-refractivity contribution is -0.148. The molecular formula is C78H107N19O18. The number of unbranched alkanes of at least 4 members (excludes halogenated alkanes) is 1. The van der Waals surface area contributed by atoms with Gasteiger partial charge in [-0.15, -0.1) is 0 Å². The number of nitrogens with one attached hydrogen (secondary N) is 13. The van der Waals surface area contributed by atoms with Crippen LogP contribution in [-0.4, -0.2) is 254 Å². The molecule has 3 saturated heterocycles. The molecule has 115 heavy (non-hydrogen) atoms. The van der Waals surface area contributed by atoms with Crippen molar-refractivity contribution in [1.29, 1.82) is 5.41 Å². The van der Waals surface area contributed by atoms with E-state index < -0.39 is 175 Å². The van der Waals surface area contributed by atoms with E-state index in [2.05, 4.69) is 73.5 Å². The minimum absolute atomic E-state index is 0.0282. The predicted octanol–water partition coefficient (Wildman–Crippen LogP) is -0.315. The van der Waals surface area contributed by atoms with Crippen molar-refractivity contribution >= 4 is 118 Å². The van der Waals surface area contributed by atoms with E-state index in [0.29, 0.717) is 71.9 Å². The molecule has 0 saturated carbocycles. The monoisotopic (exact) mass is 1600 g/mol. The Balaban J connectivity index is 1.06. The Morgan fingerprint density at radius 2 is 1.23 bits per heavy atom. The van der Waals surface area contributed by atoms with Gasteiger partial charge >= 0.3 is 17.9 Å². The largest absolute Gasteiger partial charge is 0.481 e. The van der Waals surface area contributed by atoms with Crippen molar-refractivity contribution in [2.75, 3.05) is 45.8 Å². The van der Waals surface area contributed by atoms with Gasteiger partial charge in [-0.2, -0.15) is 0 Å². The van der Waals surface area contributed by atoms with E-state index >= 15 is 24.0 Å². The van der Waals surface area contributed by atoms with Crippen LogP contribution in [0.1, 0.15) is 153 Å². The van der Waals surface area contributed by atoms with Crippen LogP contribution in [0.15, 0.2) is 94.3 Å². The highest BCUT2D eigenvalue weighted by Gasteiger charge is 2.45. The van der Waals surface area contributed by atoms with Crippen LogP contribution in [0.4, 0.5) is 0 Å². The third-order valence-corrected chi connectivity index (χ3v) is 20.4. The maximum atomic E-state index is 15.6. The molecule has 12 amide bonds. The SMILES string of the molecule is CC(=O)N[C@H]1CCCCNC(=O)CC[C@@H](C(=O)N2CCC[C@H]2C(=O)N2CCC[C@H]2C(=O)N[C@@H](CC2=CCC=N2)C(=O)N[C@@H](CCC(=O)O)C(=O)N[C@H](C)CCCCN(CC(=O)O)CC(=O)O)NC(=O)[C@H](Cc2c[nH]c3ccccc23)NC(=O)[C@H](CCCNC(=N)N)NC(=O)[C@@H](Cc2ccccc2)NC(=O)[C@H](CC2=CCC=N2)NC1=O. The molecule has 37 heteroatoms. The number of carboxylic acids is 3. The van der Waals surface area contributed by atoms with Gasteiger partial charge in [-0.3, -0.25) is 92.2 Å². The molecule has 0 bridgehead atoms. The minimum atomic E-state index is -1.58. The van der Waals surface area contributed by atoms with E-state index in [1.165, 1.54) is 21.6 Å². The van der Waals surface area contributed by atoms with Crippen LogP contribution in [0, 0.1) is 5.41 Å². The summed E-state index contributed by atoms with van der Waals surface area (Å²) in [5.74, 6) is -13.2. The Morgan fingerprint density at radius 3 is 1.90 bits per heavy atom. The number of aliphatic carboxylic acids is 3. The number of para-hydroxylation sites is 1. The van der Waals surface area contributed by atoms with E-state index in [0.717, 1.165) is 0 Å². The molecule has 622 valence electrons. The second kappa shape index (κ2) is 44.5. The van der Waals surface area contributed by atoms with Crippen LogP contribution >= 0.6 is 0 Å². The summed E-state index contributed by atoms with van der Waals surface area (Å²) in [6.07, 6.45) is 9.31. The van der Waals surface area contributed by atoms with Crippen molar-refractivity contribution in [3.8, 4) is 0 Å². The van der Waals surface area contributed by atoms with Crippen LogP contribution in [0.3, 0.4) is 0 Å². The number of fused-ring (bicyclic) bond motifs is 1. The molecule has 5 aliphatic heterocycles. The number of H-pyrrole nitrogens is 1. The van der Waals surface area contributed by atoms with Gasteiger partial charge in [0.1, 0.15) is 60.4 Å². The molecule has 0 radical (unpaired) electrons. The molecule has 1 aromatic heterocycles. The van der Waals surface area contributed by atoms with E-state index in [1.54, 1.807) is 92.3 Å². The van der Waals surface area contributed by atoms with Crippen LogP contribution in [-0.2, 0) is 84.8 Å². The lowest BCUT2D eigenvalue weighted by Gasteiger charge is -2.34. The molecule has 5 aliphatic rings. The Hall–Kier alpha value is -11.9. The number of guanidine groups is 1. The summed E-state index contributed by atoms with van der Waals surface area (Å²) in [6.45, 7) is 2.13. The molecule has 11 atom stereocenters. The summed E-state index contributed by atoms with van der Waals surface area (Å²) in [4.78, 5) is 226. The van der Waals surface area contributed by atoms with Gasteiger partial charge in [0.15, 0.2) is 5.96 Å². The molecule has 0 aliphatic carbocycles. The van der Waals surface area contributed by atoms with Crippen molar-refractivity contribution in [3.63, 3.8) is 0 Å². The van der Waals surface area contributed by atoms with Crippen LogP contribution < -0.4 is 64.2 Å². The van der Waals surface area contributed by atoms with Crippen LogP contribution in [0.25, 0.3) is 10.9 Å². The number of aromatic amines is 1. The first-order chi connectivity index (χ1) is 55.1. The number of nitrogens with two attached hydrogens (primary N) is 1. The number of hydrogen-bond acceptors (Lipinski definition) is 19. The topological polar surface area (TPSA) is 549 Å². The minimum Gasteiger partial charge on any atom is -0.481 e. The Bertz CT molecular complexity index is 4130. The van der Waals surface area contributed by atoms with E-state index in [1.807, 2.05) is 0 Å². The number of benzene rings is 2. The van der Waals surface area contributed by atoms with Gasteiger partial charge in [0.25, 0.3) is 0 Å². The second-order valence-corrected chi connectivity index (χ2v) is 29.4. The maximum absolute atomic E-state index is 15.6. The number of carbonyl (C=O) groups is 15. The lowest BCUT2D eigenvalue weighted by Crippen LogP contribution is -2.61. The van der Waals surface area contributed by atoms with Gasteiger partial charge in [0.2, 0.25) is 70.9 Å². The molecule has 3 aromatic rings. The smallest absolute Gasteiger partial charge is 0.317 e. The number of aliphatic imine (C=N–C) groups is 2. The lowest BCUT2D eigenvalue weighted by atomic mass is 10.0. The summed E-state index contributed by atoms with van der Waals surface area (Å²) in [6, 6.07) is 1.37. The van der Waals surface area contributed by atoms with Crippen molar-refractivity contribution < 1.29 is 87.2 Å². The number of likely N-dealkylation sites (tertiary alicyclic amines) is 2. The Kier molecular flexibility index (Phi) is 34.3. The zero-order chi connectivity index (χ0) is 83.1. The van der Waals surface area contributed by atoms with Gasteiger partial charge in [0.05, 0.1) is 13.1 Å². The molecule has 18 N–H and O–H groups in total. The van der Waals surface area contributed by atoms with Crippen molar-refractivity contribution in [3.05, 3.63) is 95.5 Å². The van der Waals surface area contributed by atoms with E-state index in [-0.39, 0.29) is 135 Å². The summed E-state index contributed by atoms with van der Waals surface area (Å²) in [5, 5.41) is 67.0. The second-order valence-electron chi connectivity index (χ2n) is 29.4. The van der Waals surface area contributed by atoms with Gasteiger partial charge in [-0.25, -0.2) is 0 Å². The van der Waals surface area contributed by atoms with Crippen LogP contribution in [0.2, 0.25) is 0 Å². The zero-order valence-corrected chi connectivity index (χ0v) is 64.7. The standard InChI is InChI=1S/C78H107N19O18/c1-46(17-9-11-36-95(44-66(102)103)45-67(104)105)86-68(106)56(29-31-65(100)101)89-73(111)61(42-51-21-13-34-82-51)94-75(113)62-26-15-37-96(62)77(115)63-27-16-38-97(63)76(114)57-28-30-64(99)83-32-10-8-24-54(87-47(2)98)69(107)93-60(41-50-20-12-33-81-50)74(112)91-58(39-48-18-4-3-5-19-48)71(109)88-55(25-14-35-84-78(79)80)70(108)92-59(72(110)90-57)40-49-43-85-53-23-7-6-22-52(49)53/h3-7,18-23,33-34,43,46,54-63,85H,8-17,24-32,35-42,44-45H2,1-2H3,(H,83,99)(H,86,106)(H,87,98)(H,88,109)(H,89,111)(H,90,110)(H,91,112)(H,92,108)(H,93,107)(H,94,113)(H,100,101)(H,102,103)(H,104,105)(H4,79,80,84)/t46-,54+,55+,56+,57+,58-,59+,60+,61+,62+,63+/m1/s1. The van der Waals surface area contributed by atoms with Gasteiger partial charge in [0, 0.05) is 131 Å². The van der Waals surface area contributed by atoms with Gasteiger partial charge in [-0.1, -0.05) is 67.1 Å². The molecule has 3 fully saturated rings. The number of carboxylic acid groups (broad SMARTS) is 3. The summed E-state index contributed by atoms with van der Waals surface area (Å²) in [7, 11) is 0. The van der Waals surface area contributed by atoms with Crippen molar-refractivity contribution in [1.82, 2.24) is 78.2 Å². The highest BCUT2D eigenvalue weighted by Crippen LogP contribution is 2.28. The number of nitrogens with zero attached hydrogens (tertiary/aromatic N) is 5. The molecule has 0 spiro atoms. The molecule has 8 rings (SSSR count). The van der Waals surface area contributed by atoms with Crippen molar-refractivity contribution in [2.24, 2.45) is 15.7 Å². The fraction of sp³-hybridized carbons (Fsp3) is 0.538. The number of aromatic nitrogens is 1. The number of amides is 12. The quantitative estimate of drug-likeness (QED) is 0.0211. The third kappa shape index (κ3) is 28.3. The number of hydrogen-bond donors (Lipinski definition) is 17. The number of carbonyl (C=O) groups excluding carboxylic acids is 12. The fourth-order valence-electron chi connectivity index (χ4n) is 14.6. The zero-order valence-electron chi connectivity index (χ0n) is 64.7. The summed E-state index contributed by atoms with van der Waals surface area (Å²) < 4.78 is 0. The predicted molar refractivity (Wildman–Crippen MR) is 420 cm³/mol. The van der Waals surface area contributed by atoms with Gasteiger partial charge < -0.3 is 94.3 Å². The molecule has 2 aromatic carbocycles. The molecule has 37 nitrogen and oxygen atoms in total. The van der Waals surface area contributed by atoms with Crippen molar-refractivity contribution in [2.45, 2.75) is 222 Å². The molecular weight excluding hydrogens is 1490 g/mol. The Morgan fingerprint density at radius 1 is 0.626 bits per heavy atom. The average Bonchev–Trinajstić information content (AvgIpc) is 1.68. The fourth-order valence-corrected chi connectivity index (χ4v) is 14.6. The normalized spacial score (nSPS) is 22.1. The van der Waals surface area contributed by atoms with E-state index in [4.69, 9.17) is 11.1 Å². The highest BCUT2D eigenvalue weighted by molar-refractivity contribution is 6.00. The van der Waals surface area contributed by atoms with E-state index in [9.17, 15) is 63.3 Å². The van der Waals surface area contributed by atoms with Gasteiger partial charge in [-0.05, 0) is 114 Å². The first-order valence-corrected chi connectivity index (χ1v) is 39.1. The molecule has 6 heterocycles. The Labute approximate surface area is 664 Å².